The zero-order valence-corrected chi connectivity index (χ0v) is 13.6. The van der Waals surface area contributed by atoms with E-state index in [2.05, 4.69) is 37.6 Å². The zero-order valence-electron chi connectivity index (χ0n) is 12.0. The molecule has 0 heterocycles. The predicted molar refractivity (Wildman–Crippen MR) is 86.8 cm³/mol. The highest BCUT2D eigenvalue weighted by Crippen LogP contribution is 2.38. The quantitative estimate of drug-likeness (QED) is 0.512. The number of unbranched alkanes of at least 4 members (excludes halogenated alkanes) is 2. The Balaban J connectivity index is 2.86. The highest BCUT2D eigenvalue weighted by Gasteiger charge is 2.21. The molecule has 0 atom stereocenters. The largest absolute Gasteiger partial charge is 0.372 e. The summed E-state index contributed by atoms with van der Waals surface area (Å²) in [5, 5.41) is 0. The molecule has 18 heavy (non-hydrogen) atoms. The van der Waals surface area contributed by atoms with E-state index in [0.29, 0.717) is 0 Å². The molecule has 0 aliphatic rings. The van der Waals surface area contributed by atoms with E-state index in [0.717, 1.165) is 28.7 Å². The zero-order chi connectivity index (χ0) is 13.7. The molecule has 4 heteroatoms. The van der Waals surface area contributed by atoms with Gasteiger partial charge >= 0.3 is 0 Å². The van der Waals surface area contributed by atoms with Crippen LogP contribution in [0.5, 0.6) is 0 Å². The van der Waals surface area contributed by atoms with Crippen LogP contribution in [0.3, 0.4) is 0 Å². The summed E-state index contributed by atoms with van der Waals surface area (Å²) in [6.45, 7) is 9.59. The molecule has 0 saturated heterocycles. The molecule has 1 aromatic carbocycles. The molecule has 0 spiro atoms. The highest BCUT2D eigenvalue weighted by molar-refractivity contribution is 7.74. The second-order valence-electron chi connectivity index (χ2n) is 4.66. The standard InChI is InChI=1S/C14H24N2S2/c1-5-8-9-10-15(4)11-12(14(18)13(11)17)16(6-2)7-3/h5-10H2,1-4H3. The van der Waals surface area contributed by atoms with E-state index in [-0.39, 0.29) is 0 Å². The lowest BCUT2D eigenvalue weighted by Gasteiger charge is -2.32. The summed E-state index contributed by atoms with van der Waals surface area (Å²) >= 11 is 10.8. The maximum atomic E-state index is 5.41. The summed E-state index contributed by atoms with van der Waals surface area (Å²) in [7, 11) is 2.13. The first-order chi connectivity index (χ1) is 8.58. The van der Waals surface area contributed by atoms with Crippen molar-refractivity contribution in [2.45, 2.75) is 40.0 Å². The minimum atomic E-state index is 0.880. The monoisotopic (exact) mass is 284 g/mol. The maximum Gasteiger partial charge on any atom is 0.0835 e. The number of rotatable bonds is 8. The van der Waals surface area contributed by atoms with Gasteiger partial charge in [-0.2, -0.15) is 0 Å². The van der Waals surface area contributed by atoms with Gasteiger partial charge in [-0.15, -0.1) is 0 Å². The maximum absolute atomic E-state index is 5.41. The van der Waals surface area contributed by atoms with Crippen LogP contribution < -0.4 is 9.80 Å². The van der Waals surface area contributed by atoms with Crippen molar-refractivity contribution in [1.29, 1.82) is 0 Å². The summed E-state index contributed by atoms with van der Waals surface area (Å²) in [6.07, 6.45) is 3.74. The molecule has 0 aliphatic heterocycles. The van der Waals surface area contributed by atoms with Gasteiger partial charge in [0, 0.05) is 26.7 Å². The first-order valence-electron chi connectivity index (χ1n) is 6.87. The third kappa shape index (κ3) is 3.09. The lowest BCUT2D eigenvalue weighted by atomic mass is 10.1. The van der Waals surface area contributed by atoms with E-state index in [1.165, 1.54) is 30.6 Å². The van der Waals surface area contributed by atoms with Crippen LogP contribution in [0.4, 0.5) is 11.4 Å². The van der Waals surface area contributed by atoms with Crippen LogP contribution in [-0.2, 0) is 0 Å². The number of nitrogens with zero attached hydrogens (tertiary/aromatic N) is 2. The number of hydrogen-bond acceptors (Lipinski definition) is 4. The lowest BCUT2D eigenvalue weighted by Crippen LogP contribution is -2.29. The highest BCUT2D eigenvalue weighted by atomic mass is 32.1. The topological polar surface area (TPSA) is 6.48 Å². The molecule has 0 N–H and O–H groups in total. The minimum absolute atomic E-state index is 0.880. The van der Waals surface area contributed by atoms with Crippen LogP contribution >= 0.6 is 24.4 Å². The Labute approximate surface area is 121 Å². The van der Waals surface area contributed by atoms with E-state index in [4.69, 9.17) is 24.4 Å². The average Bonchev–Trinajstić information content (AvgIpc) is 2.38. The lowest BCUT2D eigenvalue weighted by molar-refractivity contribution is 0.702. The Hall–Kier alpha value is -0.480. The van der Waals surface area contributed by atoms with Crippen molar-refractivity contribution in [2.24, 2.45) is 0 Å². The molecule has 102 valence electrons. The first kappa shape index (κ1) is 15.6. The van der Waals surface area contributed by atoms with Crippen LogP contribution in [0.2, 0.25) is 0 Å². The second kappa shape index (κ2) is 7.19. The SMILES string of the molecule is CCCCCN(C)c1c(N(CC)CC)c(=S)c1=S. The van der Waals surface area contributed by atoms with Gasteiger partial charge in [0.25, 0.3) is 0 Å². The van der Waals surface area contributed by atoms with Gasteiger partial charge in [-0.05, 0) is 20.3 Å². The fourth-order valence-electron chi connectivity index (χ4n) is 2.27. The van der Waals surface area contributed by atoms with Gasteiger partial charge in [-0.3, -0.25) is 0 Å². The second-order valence-corrected chi connectivity index (χ2v) is 5.47. The third-order valence-electron chi connectivity index (χ3n) is 3.42. The van der Waals surface area contributed by atoms with Crippen LogP contribution in [0.15, 0.2) is 0 Å². The summed E-state index contributed by atoms with van der Waals surface area (Å²) in [4.78, 5) is 4.59. The summed E-state index contributed by atoms with van der Waals surface area (Å²) in [6, 6.07) is 0. The minimum Gasteiger partial charge on any atom is -0.372 e. The Morgan fingerprint density at radius 2 is 1.44 bits per heavy atom. The van der Waals surface area contributed by atoms with Gasteiger partial charge in [0.15, 0.2) is 0 Å². The number of hydrogen-bond donors (Lipinski definition) is 0. The van der Waals surface area contributed by atoms with E-state index in [9.17, 15) is 0 Å². The Bertz CT molecular complexity index is 443. The Kier molecular flexibility index (Phi) is 6.22. The molecule has 0 amide bonds. The molecule has 0 radical (unpaired) electrons. The number of anilines is 2. The van der Waals surface area contributed by atoms with Crippen LogP contribution in [0, 0.1) is 9.02 Å². The van der Waals surface area contributed by atoms with Crippen molar-refractivity contribution in [3.63, 3.8) is 0 Å². The van der Waals surface area contributed by atoms with Crippen LogP contribution in [0.25, 0.3) is 0 Å². The predicted octanol–water partition coefficient (Wildman–Crippen LogP) is 4.49. The van der Waals surface area contributed by atoms with Gasteiger partial charge in [0.1, 0.15) is 0 Å². The normalized spacial score (nSPS) is 10.9. The van der Waals surface area contributed by atoms with Gasteiger partial charge in [-0.1, -0.05) is 44.2 Å². The van der Waals surface area contributed by atoms with Gasteiger partial charge in [-0.25, -0.2) is 0 Å². The summed E-state index contributed by atoms with van der Waals surface area (Å²) in [5.41, 5.74) is 2.38. The van der Waals surface area contributed by atoms with Crippen molar-refractivity contribution in [3.05, 3.63) is 9.02 Å². The molecule has 0 bridgehead atoms. The van der Waals surface area contributed by atoms with Crippen molar-refractivity contribution >= 4 is 35.8 Å². The molecule has 2 nitrogen and oxygen atoms in total. The van der Waals surface area contributed by atoms with Gasteiger partial charge in [0.05, 0.1) is 20.4 Å². The van der Waals surface area contributed by atoms with E-state index in [1.807, 2.05) is 0 Å². The molecule has 0 saturated carbocycles. The molecule has 0 unspecified atom stereocenters. The van der Waals surface area contributed by atoms with Crippen LogP contribution in [-0.4, -0.2) is 26.7 Å². The summed E-state index contributed by atoms with van der Waals surface area (Å²) < 4.78 is 1.76. The Morgan fingerprint density at radius 3 is 1.94 bits per heavy atom. The summed E-state index contributed by atoms with van der Waals surface area (Å²) in [5.74, 6) is 0. The van der Waals surface area contributed by atoms with Crippen molar-refractivity contribution < 1.29 is 0 Å². The average molecular weight is 284 g/mol. The van der Waals surface area contributed by atoms with Crippen molar-refractivity contribution in [3.8, 4) is 0 Å². The van der Waals surface area contributed by atoms with Gasteiger partial charge < -0.3 is 9.80 Å². The van der Waals surface area contributed by atoms with E-state index >= 15 is 0 Å². The fourth-order valence-corrected chi connectivity index (χ4v) is 2.94. The smallest absolute Gasteiger partial charge is 0.0835 e. The molecule has 0 aliphatic carbocycles. The molecular weight excluding hydrogens is 260 g/mol. The molecule has 0 aromatic heterocycles. The molecule has 1 rings (SSSR count). The van der Waals surface area contributed by atoms with Crippen molar-refractivity contribution in [2.75, 3.05) is 36.5 Å². The first-order valence-corrected chi connectivity index (χ1v) is 7.69. The molecule has 0 fully saturated rings. The molecular formula is C14H24N2S2. The van der Waals surface area contributed by atoms with E-state index < -0.39 is 0 Å². The van der Waals surface area contributed by atoms with Gasteiger partial charge in [0.2, 0.25) is 0 Å². The van der Waals surface area contributed by atoms with Crippen molar-refractivity contribution in [1.82, 2.24) is 0 Å². The Morgan fingerprint density at radius 1 is 0.889 bits per heavy atom. The fraction of sp³-hybridized carbons (Fsp3) is 0.714. The third-order valence-corrected chi connectivity index (χ3v) is 4.34. The molecule has 1 aromatic rings. The van der Waals surface area contributed by atoms with E-state index in [1.54, 1.807) is 0 Å². The van der Waals surface area contributed by atoms with Crippen LogP contribution in [0.1, 0.15) is 40.0 Å².